The van der Waals surface area contributed by atoms with E-state index in [9.17, 15) is 9.59 Å². The molecular weight excluding hydrogens is 298 g/mol. The second-order valence-electron chi connectivity index (χ2n) is 5.73. The first-order valence-corrected chi connectivity index (χ1v) is 7.66. The highest BCUT2D eigenvalue weighted by Crippen LogP contribution is 2.14. The Kier molecular flexibility index (Phi) is 8.11. The molecule has 0 aromatic heterocycles. The van der Waals surface area contributed by atoms with Gasteiger partial charge in [-0.15, -0.1) is 0 Å². The van der Waals surface area contributed by atoms with E-state index in [1.807, 2.05) is 0 Å². The standard InChI is InChI=1S/C17H25NO5/c1-12(2)8-9-18-16(19)11-23-14-6-4-13(5-7-14)10-15(22-3)17(20)21/h4-7,12,15H,8-11H2,1-3H3,(H,18,19)(H,20,21)/t15-/m0/s1. The third-order valence-corrected chi connectivity index (χ3v) is 3.32. The second-order valence-corrected chi connectivity index (χ2v) is 5.73. The summed E-state index contributed by atoms with van der Waals surface area (Å²) in [5.41, 5.74) is 0.827. The number of carbonyl (C=O) groups is 2. The van der Waals surface area contributed by atoms with Crippen LogP contribution in [0.25, 0.3) is 0 Å². The van der Waals surface area contributed by atoms with Gasteiger partial charge in [0, 0.05) is 20.1 Å². The van der Waals surface area contributed by atoms with Crippen molar-refractivity contribution in [2.75, 3.05) is 20.3 Å². The fraction of sp³-hybridized carbons (Fsp3) is 0.529. The van der Waals surface area contributed by atoms with Gasteiger partial charge in [-0.1, -0.05) is 26.0 Å². The largest absolute Gasteiger partial charge is 0.484 e. The number of benzene rings is 1. The van der Waals surface area contributed by atoms with Gasteiger partial charge in [-0.05, 0) is 30.0 Å². The van der Waals surface area contributed by atoms with E-state index >= 15 is 0 Å². The summed E-state index contributed by atoms with van der Waals surface area (Å²) in [6.45, 7) is 4.81. The normalized spacial score (nSPS) is 12.0. The van der Waals surface area contributed by atoms with E-state index in [-0.39, 0.29) is 18.9 Å². The molecule has 0 bridgehead atoms. The molecule has 0 radical (unpaired) electrons. The van der Waals surface area contributed by atoms with E-state index in [0.29, 0.717) is 18.2 Å². The zero-order valence-electron chi connectivity index (χ0n) is 13.9. The number of ether oxygens (including phenoxy) is 2. The molecule has 0 saturated heterocycles. The van der Waals surface area contributed by atoms with Gasteiger partial charge in [-0.2, -0.15) is 0 Å². The number of methoxy groups -OCH3 is 1. The molecule has 0 aliphatic heterocycles. The molecule has 6 nitrogen and oxygen atoms in total. The van der Waals surface area contributed by atoms with E-state index in [2.05, 4.69) is 19.2 Å². The number of carboxylic acids is 1. The number of carboxylic acid groups (broad SMARTS) is 1. The van der Waals surface area contributed by atoms with E-state index in [4.69, 9.17) is 14.6 Å². The number of nitrogens with one attached hydrogen (secondary N) is 1. The van der Waals surface area contributed by atoms with Gasteiger partial charge in [-0.3, -0.25) is 4.79 Å². The Morgan fingerprint density at radius 2 is 1.87 bits per heavy atom. The molecule has 0 spiro atoms. The van der Waals surface area contributed by atoms with Crippen molar-refractivity contribution < 1.29 is 24.2 Å². The van der Waals surface area contributed by atoms with Crippen LogP contribution < -0.4 is 10.1 Å². The summed E-state index contributed by atoms with van der Waals surface area (Å²) in [5, 5.41) is 11.7. The minimum absolute atomic E-state index is 0.0345. The smallest absolute Gasteiger partial charge is 0.333 e. The minimum atomic E-state index is -0.995. The molecule has 0 saturated carbocycles. The van der Waals surface area contributed by atoms with Gasteiger partial charge < -0.3 is 19.9 Å². The first-order chi connectivity index (χ1) is 10.9. The van der Waals surface area contributed by atoms with E-state index in [0.717, 1.165) is 12.0 Å². The molecule has 1 atom stereocenters. The van der Waals surface area contributed by atoms with Crippen molar-refractivity contribution in [1.82, 2.24) is 5.32 Å². The lowest BCUT2D eigenvalue weighted by molar-refractivity contribution is -0.148. The van der Waals surface area contributed by atoms with Crippen molar-refractivity contribution in [1.29, 1.82) is 0 Å². The SMILES string of the molecule is CO[C@@H](Cc1ccc(OCC(=O)NCCC(C)C)cc1)C(=O)O. The molecule has 0 unspecified atom stereocenters. The Labute approximate surface area is 136 Å². The summed E-state index contributed by atoms with van der Waals surface area (Å²) in [7, 11) is 1.37. The molecule has 2 N–H and O–H groups in total. The van der Waals surface area contributed by atoms with Crippen molar-refractivity contribution in [2.24, 2.45) is 5.92 Å². The van der Waals surface area contributed by atoms with Crippen LogP contribution in [0.3, 0.4) is 0 Å². The highest BCUT2D eigenvalue weighted by molar-refractivity contribution is 5.77. The van der Waals surface area contributed by atoms with Gasteiger partial charge in [0.1, 0.15) is 5.75 Å². The predicted octanol–water partition coefficient (Wildman–Crippen LogP) is 1.87. The predicted molar refractivity (Wildman–Crippen MR) is 86.5 cm³/mol. The highest BCUT2D eigenvalue weighted by Gasteiger charge is 2.16. The van der Waals surface area contributed by atoms with Crippen molar-refractivity contribution in [3.05, 3.63) is 29.8 Å². The van der Waals surface area contributed by atoms with Crippen molar-refractivity contribution in [3.8, 4) is 5.75 Å². The van der Waals surface area contributed by atoms with E-state index < -0.39 is 12.1 Å². The number of hydrogen-bond donors (Lipinski definition) is 2. The molecule has 1 rings (SSSR count). The fourth-order valence-corrected chi connectivity index (χ4v) is 1.91. The molecule has 0 aliphatic rings. The lowest BCUT2D eigenvalue weighted by Gasteiger charge is -2.11. The first-order valence-electron chi connectivity index (χ1n) is 7.66. The zero-order chi connectivity index (χ0) is 17.2. The van der Waals surface area contributed by atoms with Crippen LogP contribution in [0.5, 0.6) is 5.75 Å². The molecule has 0 aliphatic carbocycles. The Balaban J connectivity index is 2.39. The number of rotatable bonds is 10. The Bertz CT molecular complexity index is 498. The summed E-state index contributed by atoms with van der Waals surface area (Å²) < 4.78 is 10.3. The second kappa shape index (κ2) is 9.84. The van der Waals surface area contributed by atoms with Crippen molar-refractivity contribution in [3.63, 3.8) is 0 Å². The summed E-state index contributed by atoms with van der Waals surface area (Å²) in [6.07, 6.45) is 0.348. The first kappa shape index (κ1) is 19.0. The van der Waals surface area contributed by atoms with E-state index in [1.54, 1.807) is 24.3 Å². The van der Waals surface area contributed by atoms with Crippen LogP contribution in [0.1, 0.15) is 25.8 Å². The van der Waals surface area contributed by atoms with Crippen LogP contribution in [-0.2, 0) is 20.7 Å². The lowest BCUT2D eigenvalue weighted by atomic mass is 10.1. The number of hydrogen-bond acceptors (Lipinski definition) is 4. The number of carbonyl (C=O) groups excluding carboxylic acids is 1. The monoisotopic (exact) mass is 323 g/mol. The third kappa shape index (κ3) is 7.65. The third-order valence-electron chi connectivity index (χ3n) is 3.32. The molecule has 0 fully saturated rings. The maximum absolute atomic E-state index is 11.6. The van der Waals surface area contributed by atoms with Crippen LogP contribution in [0.15, 0.2) is 24.3 Å². The highest BCUT2D eigenvalue weighted by atomic mass is 16.5. The van der Waals surface area contributed by atoms with Gasteiger partial charge in [0.05, 0.1) is 0 Å². The van der Waals surface area contributed by atoms with Crippen molar-refractivity contribution >= 4 is 11.9 Å². The van der Waals surface area contributed by atoms with Gasteiger partial charge >= 0.3 is 5.97 Å². The zero-order valence-corrected chi connectivity index (χ0v) is 13.9. The average molecular weight is 323 g/mol. The Morgan fingerprint density at radius 1 is 1.22 bits per heavy atom. The van der Waals surface area contributed by atoms with E-state index in [1.165, 1.54) is 7.11 Å². The molecule has 6 heteroatoms. The Hall–Kier alpha value is -2.08. The summed E-state index contributed by atoms with van der Waals surface area (Å²) >= 11 is 0. The lowest BCUT2D eigenvalue weighted by Crippen LogP contribution is -2.30. The Morgan fingerprint density at radius 3 is 2.39 bits per heavy atom. The fourth-order valence-electron chi connectivity index (χ4n) is 1.91. The van der Waals surface area contributed by atoms with Crippen LogP contribution in [-0.4, -0.2) is 43.3 Å². The molecule has 128 valence electrons. The van der Waals surface area contributed by atoms with Crippen LogP contribution >= 0.6 is 0 Å². The van der Waals surface area contributed by atoms with Crippen LogP contribution in [0.4, 0.5) is 0 Å². The van der Waals surface area contributed by atoms with Gasteiger partial charge in [0.15, 0.2) is 12.7 Å². The van der Waals surface area contributed by atoms with Gasteiger partial charge in [0.25, 0.3) is 5.91 Å². The average Bonchev–Trinajstić information content (AvgIpc) is 2.51. The maximum Gasteiger partial charge on any atom is 0.333 e. The summed E-state index contributed by atoms with van der Waals surface area (Å²) in [5.74, 6) is -0.0338. The van der Waals surface area contributed by atoms with Gasteiger partial charge in [-0.25, -0.2) is 4.79 Å². The molecule has 1 aromatic carbocycles. The molecule has 1 amide bonds. The minimum Gasteiger partial charge on any atom is -0.484 e. The number of amides is 1. The quantitative estimate of drug-likeness (QED) is 0.686. The number of aliphatic carboxylic acids is 1. The van der Waals surface area contributed by atoms with Gasteiger partial charge in [0.2, 0.25) is 0 Å². The van der Waals surface area contributed by atoms with Crippen LogP contribution in [0, 0.1) is 5.92 Å². The molecule has 0 heterocycles. The maximum atomic E-state index is 11.6. The summed E-state index contributed by atoms with van der Waals surface area (Å²) in [6, 6.07) is 6.96. The topological polar surface area (TPSA) is 84.9 Å². The molecule has 23 heavy (non-hydrogen) atoms. The van der Waals surface area contributed by atoms with Crippen molar-refractivity contribution in [2.45, 2.75) is 32.8 Å². The summed E-state index contributed by atoms with van der Waals surface area (Å²) in [4.78, 5) is 22.5. The van der Waals surface area contributed by atoms with Crippen LogP contribution in [0.2, 0.25) is 0 Å². The molecular formula is C17H25NO5. The molecule has 1 aromatic rings.